The summed E-state index contributed by atoms with van der Waals surface area (Å²) in [6.07, 6.45) is 14.1. The second-order valence-electron chi connectivity index (χ2n) is 11.9. The maximum Gasteiger partial charge on any atom is 0.0467 e. The van der Waals surface area contributed by atoms with E-state index in [1.165, 1.54) is 68.9 Å². The lowest BCUT2D eigenvalue weighted by molar-refractivity contribution is 0.135. The van der Waals surface area contributed by atoms with Gasteiger partial charge in [-0.1, -0.05) is 135 Å². The van der Waals surface area contributed by atoms with Crippen molar-refractivity contribution >= 4 is 5.70 Å². The number of likely N-dealkylation sites (tertiary alicyclic amines) is 1. The molecule has 2 fully saturated rings. The first-order valence-corrected chi connectivity index (χ1v) is 15.5. The normalized spacial score (nSPS) is 18.2. The predicted octanol–water partition coefficient (Wildman–Crippen LogP) is 9.25. The van der Waals surface area contributed by atoms with Crippen LogP contribution < -0.4 is 11.1 Å². The number of hydrogen-bond donors (Lipinski definition) is 2. The van der Waals surface area contributed by atoms with Crippen molar-refractivity contribution in [3.8, 4) is 0 Å². The van der Waals surface area contributed by atoms with Gasteiger partial charge in [0.05, 0.1) is 0 Å². The predicted molar refractivity (Wildman–Crippen MR) is 171 cm³/mol. The molecule has 1 saturated heterocycles. The van der Waals surface area contributed by atoms with Crippen LogP contribution in [-0.4, -0.2) is 30.1 Å². The van der Waals surface area contributed by atoms with Crippen LogP contribution in [-0.2, 0) is 6.54 Å². The number of nitrogens with two attached hydrogens (primary N) is 1. The van der Waals surface area contributed by atoms with Crippen LogP contribution in [0.1, 0.15) is 123 Å². The van der Waals surface area contributed by atoms with Crippen LogP contribution in [0.4, 0.5) is 0 Å². The molecule has 3 heteroatoms. The maximum atomic E-state index is 6.31. The van der Waals surface area contributed by atoms with E-state index in [9.17, 15) is 0 Å². The van der Waals surface area contributed by atoms with Crippen molar-refractivity contribution < 1.29 is 0 Å². The summed E-state index contributed by atoms with van der Waals surface area (Å²) in [6.45, 7) is 28.8. The minimum Gasteiger partial charge on any atom is -0.382 e. The Labute approximate surface area is 237 Å². The highest BCUT2D eigenvalue weighted by molar-refractivity contribution is 5.62. The first-order chi connectivity index (χ1) is 18.1. The lowest BCUT2D eigenvalue weighted by Crippen LogP contribution is -2.42. The van der Waals surface area contributed by atoms with E-state index in [2.05, 4.69) is 88.8 Å². The smallest absolute Gasteiger partial charge is 0.0467 e. The average molecular weight is 524 g/mol. The van der Waals surface area contributed by atoms with E-state index in [1.807, 2.05) is 6.92 Å². The van der Waals surface area contributed by atoms with Gasteiger partial charge in [-0.3, -0.25) is 4.90 Å². The quantitative estimate of drug-likeness (QED) is 0.300. The van der Waals surface area contributed by atoms with Crippen molar-refractivity contribution in [3.05, 3.63) is 66.3 Å². The highest BCUT2D eigenvalue weighted by Gasteiger charge is 2.34. The summed E-state index contributed by atoms with van der Waals surface area (Å²) in [5.74, 6) is 0. The minimum absolute atomic E-state index is 0.0931. The fraction of sp³-hybridized carbons (Fsp3) is 0.657. The van der Waals surface area contributed by atoms with E-state index in [1.54, 1.807) is 0 Å². The van der Waals surface area contributed by atoms with Crippen LogP contribution in [0.2, 0.25) is 0 Å². The fourth-order valence-electron chi connectivity index (χ4n) is 5.20. The molecule has 38 heavy (non-hydrogen) atoms. The third-order valence-electron chi connectivity index (χ3n) is 8.04. The Kier molecular flexibility index (Phi) is 16.6. The molecule has 1 atom stereocenters. The molecule has 0 bridgehead atoms. The molecule has 1 aromatic rings. The van der Waals surface area contributed by atoms with Gasteiger partial charge in [0.15, 0.2) is 0 Å². The molecule has 0 amide bonds. The van der Waals surface area contributed by atoms with Gasteiger partial charge in [0.25, 0.3) is 0 Å². The summed E-state index contributed by atoms with van der Waals surface area (Å²) < 4.78 is 0. The first kappa shape index (κ1) is 34.2. The van der Waals surface area contributed by atoms with Gasteiger partial charge in [0.2, 0.25) is 0 Å². The third-order valence-corrected chi connectivity index (χ3v) is 8.04. The first-order valence-electron chi connectivity index (χ1n) is 15.5. The SMILES string of the molecule is C=C(NC1CCCCC1)c1ccc(CN2CCC(C)(C(=C)C(N)C(=C)C)CC2)cc1.CCC.CCCCC. The molecular formula is C35H61N3. The molecule has 3 nitrogen and oxygen atoms in total. The van der Waals surface area contributed by atoms with Crippen LogP contribution in [0.5, 0.6) is 0 Å². The standard InChI is InChI=1S/C27H41N3.C5H12.C3H8/c1-20(2)26(28)21(3)27(5)15-17-30(18-16-27)19-23-11-13-24(14-12-23)22(4)29-25-9-7-6-8-10-25;1-3-5-4-2;1-3-2/h11-14,25-26,29H,1,3-4,6-10,15-19,28H2,2,5H3;3-5H2,1-2H3;3H2,1-2H3. The van der Waals surface area contributed by atoms with Gasteiger partial charge in [0.1, 0.15) is 0 Å². The van der Waals surface area contributed by atoms with Gasteiger partial charge in [-0.25, -0.2) is 0 Å². The lowest BCUT2D eigenvalue weighted by atomic mass is 9.71. The molecule has 0 aromatic heterocycles. The van der Waals surface area contributed by atoms with Gasteiger partial charge < -0.3 is 11.1 Å². The summed E-state index contributed by atoms with van der Waals surface area (Å²) in [4.78, 5) is 2.55. The van der Waals surface area contributed by atoms with Crippen LogP contribution in [0.3, 0.4) is 0 Å². The second kappa shape index (κ2) is 18.4. The Balaban J connectivity index is 0.000000794. The van der Waals surface area contributed by atoms with E-state index in [-0.39, 0.29) is 11.5 Å². The van der Waals surface area contributed by atoms with Gasteiger partial charge in [0, 0.05) is 24.3 Å². The van der Waals surface area contributed by atoms with E-state index >= 15 is 0 Å². The third kappa shape index (κ3) is 11.9. The summed E-state index contributed by atoms with van der Waals surface area (Å²) in [7, 11) is 0. The minimum atomic E-state index is -0.0931. The van der Waals surface area contributed by atoms with Crippen molar-refractivity contribution in [3.63, 3.8) is 0 Å². The Bertz CT molecular complexity index is 806. The Hall–Kier alpha value is -1.84. The van der Waals surface area contributed by atoms with Crippen LogP contribution in [0.15, 0.2) is 55.1 Å². The monoisotopic (exact) mass is 523 g/mol. The summed E-state index contributed by atoms with van der Waals surface area (Å²) >= 11 is 0. The van der Waals surface area contributed by atoms with E-state index < -0.39 is 0 Å². The molecule has 0 spiro atoms. The van der Waals surface area contributed by atoms with Crippen molar-refractivity contribution in [2.75, 3.05) is 13.1 Å². The number of benzene rings is 1. The Morgan fingerprint density at radius 3 is 1.95 bits per heavy atom. The number of rotatable bonds is 10. The number of nitrogens with one attached hydrogen (secondary N) is 1. The molecule has 0 radical (unpaired) electrons. The van der Waals surface area contributed by atoms with Gasteiger partial charge in [-0.2, -0.15) is 0 Å². The van der Waals surface area contributed by atoms with Gasteiger partial charge >= 0.3 is 0 Å². The number of hydrogen-bond acceptors (Lipinski definition) is 3. The molecule has 1 aromatic carbocycles. The molecule has 2 aliphatic rings. The summed E-state index contributed by atoms with van der Waals surface area (Å²) in [5, 5.41) is 3.64. The largest absolute Gasteiger partial charge is 0.382 e. The Morgan fingerprint density at radius 2 is 1.50 bits per heavy atom. The molecule has 3 N–H and O–H groups in total. The molecule has 1 saturated carbocycles. The maximum absolute atomic E-state index is 6.31. The van der Waals surface area contributed by atoms with E-state index in [0.29, 0.717) is 6.04 Å². The van der Waals surface area contributed by atoms with Crippen LogP contribution in [0.25, 0.3) is 5.70 Å². The molecule has 3 rings (SSSR count). The highest BCUT2D eigenvalue weighted by atomic mass is 15.1. The lowest BCUT2D eigenvalue weighted by Gasteiger charge is -2.42. The molecule has 1 unspecified atom stereocenters. The average Bonchev–Trinajstić information content (AvgIpc) is 2.91. The molecule has 216 valence electrons. The van der Waals surface area contributed by atoms with Crippen molar-refractivity contribution in [2.45, 2.75) is 131 Å². The topological polar surface area (TPSA) is 41.3 Å². The van der Waals surface area contributed by atoms with Crippen molar-refractivity contribution in [2.24, 2.45) is 11.1 Å². The van der Waals surface area contributed by atoms with Crippen molar-refractivity contribution in [1.82, 2.24) is 10.2 Å². The number of unbranched alkanes of at least 4 members (excludes halogenated alkanes) is 2. The number of piperidine rings is 1. The van der Waals surface area contributed by atoms with Crippen LogP contribution >= 0.6 is 0 Å². The van der Waals surface area contributed by atoms with Crippen LogP contribution in [0, 0.1) is 5.41 Å². The van der Waals surface area contributed by atoms with Gasteiger partial charge in [-0.05, 0) is 62.2 Å². The number of nitrogens with zero attached hydrogens (tertiary/aromatic N) is 1. The Morgan fingerprint density at radius 1 is 0.974 bits per heavy atom. The zero-order valence-corrected chi connectivity index (χ0v) is 26.0. The van der Waals surface area contributed by atoms with E-state index in [4.69, 9.17) is 5.73 Å². The molecule has 1 heterocycles. The molecule has 1 aliphatic heterocycles. The zero-order chi connectivity index (χ0) is 28.6. The molecule has 1 aliphatic carbocycles. The fourth-order valence-corrected chi connectivity index (χ4v) is 5.20. The van der Waals surface area contributed by atoms with E-state index in [0.717, 1.165) is 49.3 Å². The van der Waals surface area contributed by atoms with Gasteiger partial charge in [-0.15, -0.1) is 0 Å². The van der Waals surface area contributed by atoms with Crippen molar-refractivity contribution in [1.29, 1.82) is 0 Å². The summed E-state index contributed by atoms with van der Waals surface area (Å²) in [6, 6.07) is 9.45. The second-order valence-corrected chi connectivity index (χ2v) is 11.9. The zero-order valence-electron chi connectivity index (χ0n) is 26.0. The highest BCUT2D eigenvalue weighted by Crippen LogP contribution is 2.39. The molecular weight excluding hydrogens is 462 g/mol. The summed E-state index contributed by atoms with van der Waals surface area (Å²) in [5.41, 5.74) is 12.2.